The Kier molecular flexibility index (Phi) is 4.03. The zero-order valence-electron chi connectivity index (χ0n) is 13.9. The lowest BCUT2D eigenvalue weighted by molar-refractivity contribution is 0.229. The molecule has 0 spiro atoms. The number of thiazole rings is 1. The fourth-order valence-electron chi connectivity index (χ4n) is 4.44. The molecule has 23 heavy (non-hydrogen) atoms. The van der Waals surface area contributed by atoms with Crippen LogP contribution < -0.4 is 0 Å². The van der Waals surface area contributed by atoms with Crippen LogP contribution in [0.3, 0.4) is 0 Å². The third kappa shape index (κ3) is 2.86. The van der Waals surface area contributed by atoms with E-state index in [-0.39, 0.29) is 17.2 Å². The van der Waals surface area contributed by atoms with Gasteiger partial charge in [-0.2, -0.15) is 0 Å². The highest BCUT2D eigenvalue weighted by Crippen LogP contribution is 2.37. The number of likely N-dealkylation sites (tertiary alicyclic amines) is 1. The maximum Gasteiger partial charge on any atom is 0.156 e. The molecule has 5 nitrogen and oxygen atoms in total. The van der Waals surface area contributed by atoms with Gasteiger partial charge in [0.05, 0.1) is 23.2 Å². The first kappa shape index (κ1) is 16.0. The van der Waals surface area contributed by atoms with Crippen molar-refractivity contribution in [1.29, 1.82) is 0 Å². The lowest BCUT2D eigenvalue weighted by Crippen LogP contribution is -2.37. The Bertz CT molecular complexity index is 675. The van der Waals surface area contributed by atoms with Gasteiger partial charge in [-0.3, -0.25) is 4.90 Å². The summed E-state index contributed by atoms with van der Waals surface area (Å²) in [6.07, 6.45) is 4.83. The van der Waals surface area contributed by atoms with E-state index >= 15 is 0 Å². The van der Waals surface area contributed by atoms with Crippen molar-refractivity contribution in [2.24, 2.45) is 5.92 Å². The minimum absolute atomic E-state index is 0.166. The Morgan fingerprint density at radius 1 is 1.26 bits per heavy atom. The summed E-state index contributed by atoms with van der Waals surface area (Å²) >= 11 is 1.84. The van der Waals surface area contributed by atoms with E-state index in [9.17, 15) is 8.42 Å². The van der Waals surface area contributed by atoms with Crippen LogP contribution in [0, 0.1) is 5.92 Å². The summed E-state index contributed by atoms with van der Waals surface area (Å²) in [6.45, 7) is 2.39. The van der Waals surface area contributed by atoms with Crippen LogP contribution in [0.15, 0.2) is 0 Å². The first-order valence-corrected chi connectivity index (χ1v) is 11.0. The van der Waals surface area contributed by atoms with E-state index < -0.39 is 9.84 Å². The van der Waals surface area contributed by atoms with Gasteiger partial charge >= 0.3 is 0 Å². The Morgan fingerprint density at radius 3 is 2.78 bits per heavy atom. The summed E-state index contributed by atoms with van der Waals surface area (Å²) in [7, 11) is 1.05. The summed E-state index contributed by atoms with van der Waals surface area (Å²) in [6, 6.07) is 0.166. The SMILES string of the molecule is CN(C)[C@@H]1CS(=O)(=O)[C@H]2CN(Cc3nc4c(s3)CCCC4)C[C@@H]12. The summed E-state index contributed by atoms with van der Waals surface area (Å²) in [4.78, 5) is 10.7. The van der Waals surface area contributed by atoms with E-state index in [1.165, 1.54) is 34.8 Å². The molecule has 2 saturated heterocycles. The molecule has 2 aliphatic heterocycles. The van der Waals surface area contributed by atoms with Gasteiger partial charge in [0.25, 0.3) is 0 Å². The molecule has 3 aliphatic rings. The molecule has 3 heterocycles. The monoisotopic (exact) mass is 355 g/mol. The summed E-state index contributed by atoms with van der Waals surface area (Å²) in [5, 5.41) is 1.00. The molecule has 2 fully saturated rings. The molecule has 1 aliphatic carbocycles. The third-order valence-electron chi connectivity index (χ3n) is 5.66. The first-order chi connectivity index (χ1) is 10.9. The number of fused-ring (bicyclic) bond motifs is 2. The minimum atomic E-state index is -2.95. The van der Waals surface area contributed by atoms with Crippen molar-refractivity contribution in [3.63, 3.8) is 0 Å². The van der Waals surface area contributed by atoms with Crippen LogP contribution in [0.2, 0.25) is 0 Å². The number of nitrogens with zero attached hydrogens (tertiary/aromatic N) is 3. The van der Waals surface area contributed by atoms with Crippen molar-refractivity contribution in [3.8, 4) is 0 Å². The number of hydrogen-bond acceptors (Lipinski definition) is 6. The zero-order chi connectivity index (χ0) is 16.2. The van der Waals surface area contributed by atoms with Crippen molar-refractivity contribution in [1.82, 2.24) is 14.8 Å². The zero-order valence-corrected chi connectivity index (χ0v) is 15.5. The predicted octanol–water partition coefficient (Wildman–Crippen LogP) is 1.18. The normalized spacial score (nSPS) is 33.1. The largest absolute Gasteiger partial charge is 0.305 e. The van der Waals surface area contributed by atoms with Gasteiger partial charge in [0.2, 0.25) is 0 Å². The molecule has 0 unspecified atom stereocenters. The van der Waals surface area contributed by atoms with E-state index in [1.807, 2.05) is 25.4 Å². The van der Waals surface area contributed by atoms with Gasteiger partial charge < -0.3 is 4.90 Å². The van der Waals surface area contributed by atoms with Crippen LogP contribution in [0.4, 0.5) is 0 Å². The lowest BCUT2D eigenvalue weighted by atomic mass is 10.00. The van der Waals surface area contributed by atoms with Gasteiger partial charge in [-0.1, -0.05) is 0 Å². The Balaban J connectivity index is 1.49. The summed E-state index contributed by atoms with van der Waals surface area (Å²) in [5.74, 6) is 0.582. The van der Waals surface area contributed by atoms with Crippen molar-refractivity contribution in [2.45, 2.75) is 43.5 Å². The summed E-state index contributed by atoms with van der Waals surface area (Å²) < 4.78 is 24.9. The van der Waals surface area contributed by atoms with Crippen molar-refractivity contribution in [2.75, 3.05) is 32.9 Å². The standard InChI is InChI=1S/C16H25N3O2S2/c1-18(2)13-10-23(20,21)15-8-19(7-11(13)15)9-16-17-12-5-3-4-6-14(12)22-16/h11,13,15H,3-10H2,1-2H3/t11-,13+,15-/m0/s1. The highest BCUT2D eigenvalue weighted by atomic mass is 32.2. The number of sulfone groups is 1. The molecular formula is C16H25N3O2S2. The van der Waals surface area contributed by atoms with Crippen LogP contribution in [0.25, 0.3) is 0 Å². The van der Waals surface area contributed by atoms with Crippen molar-refractivity contribution in [3.05, 3.63) is 15.6 Å². The average molecular weight is 356 g/mol. The maximum absolute atomic E-state index is 12.4. The van der Waals surface area contributed by atoms with Crippen LogP contribution >= 0.6 is 11.3 Å². The molecule has 0 N–H and O–H groups in total. The van der Waals surface area contributed by atoms with Gasteiger partial charge in [0.1, 0.15) is 5.01 Å². The Hall–Kier alpha value is -0.500. The molecular weight excluding hydrogens is 330 g/mol. The second-order valence-corrected chi connectivity index (χ2v) is 10.9. The van der Waals surface area contributed by atoms with Crippen LogP contribution in [-0.2, 0) is 29.2 Å². The number of hydrogen-bond donors (Lipinski definition) is 0. The van der Waals surface area contributed by atoms with Crippen LogP contribution in [-0.4, -0.2) is 67.4 Å². The molecule has 0 amide bonds. The van der Waals surface area contributed by atoms with Crippen molar-refractivity contribution >= 4 is 21.2 Å². The van der Waals surface area contributed by atoms with E-state index in [0.717, 1.165) is 19.5 Å². The predicted molar refractivity (Wildman–Crippen MR) is 92.6 cm³/mol. The number of aromatic nitrogens is 1. The van der Waals surface area contributed by atoms with Crippen LogP contribution in [0.1, 0.15) is 28.4 Å². The molecule has 0 radical (unpaired) electrons. The molecule has 128 valence electrons. The van der Waals surface area contributed by atoms with Gasteiger partial charge in [-0.25, -0.2) is 13.4 Å². The quantitative estimate of drug-likeness (QED) is 0.815. The highest BCUT2D eigenvalue weighted by molar-refractivity contribution is 7.92. The molecule has 1 aromatic rings. The van der Waals surface area contributed by atoms with E-state index in [0.29, 0.717) is 12.3 Å². The maximum atomic E-state index is 12.4. The average Bonchev–Trinajstić information content (AvgIpc) is 3.13. The molecule has 3 atom stereocenters. The molecule has 4 rings (SSSR count). The molecule has 0 bridgehead atoms. The Labute approximate surface area is 142 Å². The van der Waals surface area contributed by atoms with Gasteiger partial charge in [0.15, 0.2) is 9.84 Å². The molecule has 0 aromatic carbocycles. The molecule has 1 aromatic heterocycles. The van der Waals surface area contributed by atoms with E-state index in [4.69, 9.17) is 4.98 Å². The van der Waals surface area contributed by atoms with Crippen LogP contribution in [0.5, 0.6) is 0 Å². The molecule has 0 saturated carbocycles. The number of rotatable bonds is 3. The highest BCUT2D eigenvalue weighted by Gasteiger charge is 2.52. The van der Waals surface area contributed by atoms with Crippen molar-refractivity contribution < 1.29 is 8.42 Å². The Morgan fingerprint density at radius 2 is 2.04 bits per heavy atom. The smallest absolute Gasteiger partial charge is 0.156 e. The topological polar surface area (TPSA) is 53.5 Å². The van der Waals surface area contributed by atoms with E-state index in [2.05, 4.69) is 9.80 Å². The first-order valence-electron chi connectivity index (χ1n) is 8.52. The second kappa shape index (κ2) is 5.79. The van der Waals surface area contributed by atoms with Gasteiger partial charge in [-0.05, 0) is 39.8 Å². The number of aryl methyl sites for hydroxylation is 2. The van der Waals surface area contributed by atoms with Gasteiger partial charge in [-0.15, -0.1) is 11.3 Å². The minimum Gasteiger partial charge on any atom is -0.305 e. The van der Waals surface area contributed by atoms with Gasteiger partial charge in [0, 0.05) is 29.9 Å². The summed E-state index contributed by atoms with van der Waals surface area (Å²) in [5.41, 5.74) is 1.30. The third-order valence-corrected chi connectivity index (χ3v) is 9.02. The fraction of sp³-hybridized carbons (Fsp3) is 0.812. The fourth-order valence-corrected chi connectivity index (χ4v) is 8.15. The second-order valence-electron chi connectivity index (χ2n) is 7.44. The van der Waals surface area contributed by atoms with E-state index in [1.54, 1.807) is 0 Å². The molecule has 7 heteroatoms. The lowest BCUT2D eigenvalue weighted by Gasteiger charge is -2.24.